The molecule has 20 heteroatoms. The standard InChI is InChI=1S/C23H21ClN8O8S3.C2H6/c1-9(26-8-33)19-30(5-11-31(19)2-3-41-11)4-10-7-42-21-15(20(37)32(21)16(10)22(38)39)27-18(36)14(29-40-6-12(34)35)13-17(24)43-23(25)28-13;1-2/h2-3,5,8-9,15,21H,4,6-7H2,1H3,(H5-,25,26,27,28,33,34,35,36,38,39);1-2H3/b29-14-;/t9-,15-,21-;/m1./s1. The lowest BCUT2D eigenvalue weighted by atomic mass is 10.0. The van der Waals surface area contributed by atoms with Gasteiger partial charge >= 0.3 is 5.97 Å². The summed E-state index contributed by atoms with van der Waals surface area (Å²) in [6.07, 6.45) is 4.23. The van der Waals surface area contributed by atoms with Gasteiger partial charge in [-0.2, -0.15) is 4.40 Å². The molecule has 3 atom stereocenters. The van der Waals surface area contributed by atoms with E-state index in [1.807, 2.05) is 36.0 Å². The highest BCUT2D eigenvalue weighted by Crippen LogP contribution is 2.40. The predicted octanol–water partition coefficient (Wildman–Crippen LogP) is -0.277. The number of nitrogens with one attached hydrogen (secondary N) is 2. The van der Waals surface area contributed by atoms with E-state index in [1.54, 1.807) is 11.5 Å². The smallest absolute Gasteiger partial charge is 0.344 e. The summed E-state index contributed by atoms with van der Waals surface area (Å²) in [4.78, 5) is 71.3. The van der Waals surface area contributed by atoms with Gasteiger partial charge in [0.05, 0.1) is 11.7 Å². The quantitative estimate of drug-likeness (QED) is 0.0633. The summed E-state index contributed by atoms with van der Waals surface area (Å²) in [7, 11) is 0. The molecular formula is C25H27ClN8O8S3. The summed E-state index contributed by atoms with van der Waals surface area (Å²) in [6.45, 7) is 5.02. The van der Waals surface area contributed by atoms with Crippen LogP contribution in [0.5, 0.6) is 0 Å². The maximum atomic E-state index is 13.2. The van der Waals surface area contributed by atoms with Crippen LogP contribution >= 0.6 is 46.0 Å². The molecule has 45 heavy (non-hydrogen) atoms. The van der Waals surface area contributed by atoms with E-state index in [0.717, 1.165) is 21.1 Å². The van der Waals surface area contributed by atoms with Crippen LogP contribution in [0.1, 0.15) is 38.3 Å². The first-order valence-electron chi connectivity index (χ1n) is 13.2. The van der Waals surface area contributed by atoms with E-state index in [4.69, 9.17) is 27.3 Å². The number of rotatable bonds is 12. The second-order valence-corrected chi connectivity index (χ2v) is 12.8. The zero-order valence-electron chi connectivity index (χ0n) is 23.9. The fraction of sp³-hybridized carbons (Fsp3) is 0.360. The van der Waals surface area contributed by atoms with Gasteiger partial charge in [0, 0.05) is 16.7 Å². The highest BCUT2D eigenvalue weighted by atomic mass is 35.5. The zero-order valence-corrected chi connectivity index (χ0v) is 27.1. The molecule has 3 amide bonds. The van der Waals surface area contributed by atoms with E-state index in [1.165, 1.54) is 23.1 Å². The number of aliphatic carboxylic acids is 2. The Kier molecular flexibility index (Phi) is 10.7. The van der Waals surface area contributed by atoms with E-state index in [9.17, 15) is 29.1 Å². The molecule has 2 aliphatic rings. The number of fused-ring (bicyclic) bond motifs is 2. The molecule has 5 rings (SSSR count). The molecule has 0 unspecified atom stereocenters. The van der Waals surface area contributed by atoms with Crippen LogP contribution in [0.4, 0.5) is 5.13 Å². The molecule has 3 aromatic heterocycles. The number of carboxylic acid groups (broad SMARTS) is 2. The lowest BCUT2D eigenvalue weighted by Gasteiger charge is -2.50. The molecule has 1 fully saturated rings. The van der Waals surface area contributed by atoms with Crippen molar-refractivity contribution in [3.8, 4) is 0 Å². The van der Waals surface area contributed by atoms with E-state index < -0.39 is 53.5 Å². The number of thiazole rings is 2. The molecule has 0 radical (unpaired) electrons. The Balaban J connectivity index is 0.00000226. The minimum Gasteiger partial charge on any atom is -0.543 e. The summed E-state index contributed by atoms with van der Waals surface area (Å²) in [5.74, 6) is -3.71. The lowest BCUT2D eigenvalue weighted by Crippen LogP contribution is -2.71. The average molecular weight is 699 g/mol. The molecule has 0 bridgehead atoms. The monoisotopic (exact) mass is 698 g/mol. The normalized spacial score (nSPS) is 18.4. The third kappa shape index (κ3) is 6.75. The van der Waals surface area contributed by atoms with E-state index >= 15 is 0 Å². The number of anilines is 1. The van der Waals surface area contributed by atoms with Gasteiger partial charge in [-0.3, -0.25) is 19.3 Å². The molecule has 2 aliphatic heterocycles. The van der Waals surface area contributed by atoms with Crippen molar-refractivity contribution in [2.75, 3.05) is 18.1 Å². The number of nitrogens with two attached hydrogens (primary N) is 1. The van der Waals surface area contributed by atoms with Gasteiger partial charge in [-0.1, -0.05) is 53.3 Å². The number of carbonyl (C=O) groups is 5. The summed E-state index contributed by atoms with van der Waals surface area (Å²) >= 11 is 9.64. The number of halogens is 1. The molecule has 16 nitrogen and oxygen atoms in total. The maximum absolute atomic E-state index is 13.2. The average Bonchev–Trinajstić information content (AvgIpc) is 3.68. The van der Waals surface area contributed by atoms with Crippen LogP contribution in [0.2, 0.25) is 4.34 Å². The maximum Gasteiger partial charge on any atom is 0.344 e. The van der Waals surface area contributed by atoms with Crippen molar-refractivity contribution in [1.29, 1.82) is 0 Å². The van der Waals surface area contributed by atoms with Gasteiger partial charge in [0.15, 0.2) is 10.8 Å². The number of hydrogen-bond donors (Lipinski definition) is 4. The Morgan fingerprint density at radius 1 is 1.40 bits per heavy atom. The summed E-state index contributed by atoms with van der Waals surface area (Å²) in [6, 6.07) is -1.57. The third-order valence-corrected chi connectivity index (χ3v) is 9.65. The molecule has 240 valence electrons. The van der Waals surface area contributed by atoms with E-state index in [2.05, 4.69) is 20.8 Å². The summed E-state index contributed by atoms with van der Waals surface area (Å²) < 4.78 is 3.66. The second kappa shape index (κ2) is 14.3. The van der Waals surface area contributed by atoms with Gasteiger partial charge in [-0.15, -0.1) is 11.8 Å². The Morgan fingerprint density at radius 3 is 2.76 bits per heavy atom. The number of thioether (sulfide) groups is 1. The van der Waals surface area contributed by atoms with Crippen LogP contribution in [0.3, 0.4) is 0 Å². The van der Waals surface area contributed by atoms with Crippen molar-refractivity contribution in [2.45, 2.75) is 44.8 Å². The number of β-lactam (4-membered cyclic amide) rings is 1. The van der Waals surface area contributed by atoms with Crippen molar-refractivity contribution in [1.82, 2.24) is 24.9 Å². The van der Waals surface area contributed by atoms with Crippen LogP contribution in [-0.2, 0) is 35.4 Å². The Bertz CT molecular complexity index is 1720. The van der Waals surface area contributed by atoms with Crippen molar-refractivity contribution < 1.29 is 43.6 Å². The van der Waals surface area contributed by atoms with Crippen LogP contribution in [0, 0.1) is 0 Å². The van der Waals surface area contributed by atoms with Crippen molar-refractivity contribution in [2.24, 2.45) is 5.16 Å². The van der Waals surface area contributed by atoms with Crippen molar-refractivity contribution >= 4 is 91.9 Å². The SMILES string of the molecule is CC.C[C@@H](NC=O)c1n2ccsc2c[n+]1CC1=C(C(=O)[O-])N2C(=O)[C@@H](NC(=O)/C(=N\OCC(=O)O)c3nc(N)sc3Cl)[C@H]2SC1. The highest BCUT2D eigenvalue weighted by molar-refractivity contribution is 8.00. The molecule has 0 spiro atoms. The topological polar surface area (TPSA) is 225 Å². The molecule has 0 aliphatic carbocycles. The largest absolute Gasteiger partial charge is 0.543 e. The predicted molar refractivity (Wildman–Crippen MR) is 163 cm³/mol. The molecular weight excluding hydrogens is 672 g/mol. The molecule has 5 N–H and O–H groups in total. The summed E-state index contributed by atoms with van der Waals surface area (Å²) in [5.41, 5.74) is 5.06. The second-order valence-electron chi connectivity index (χ2n) is 9.11. The van der Waals surface area contributed by atoms with Crippen molar-refractivity contribution in [3.63, 3.8) is 0 Å². The van der Waals surface area contributed by atoms with Gasteiger partial charge in [0.1, 0.15) is 46.4 Å². The van der Waals surface area contributed by atoms with Gasteiger partial charge < -0.3 is 36.2 Å². The van der Waals surface area contributed by atoms with E-state index in [0.29, 0.717) is 17.8 Å². The molecule has 5 heterocycles. The number of aromatic nitrogens is 3. The minimum atomic E-state index is -1.56. The first kappa shape index (κ1) is 33.7. The number of amides is 3. The number of nitrogens with zero attached hydrogens (tertiary/aromatic N) is 5. The van der Waals surface area contributed by atoms with Gasteiger partial charge in [-0.05, 0) is 6.92 Å². The van der Waals surface area contributed by atoms with Crippen LogP contribution in [0.25, 0.3) is 4.83 Å². The Morgan fingerprint density at radius 2 is 2.13 bits per heavy atom. The fourth-order valence-corrected chi connectivity index (χ4v) is 7.73. The number of hydrogen-bond acceptors (Lipinski definition) is 13. The molecule has 0 saturated carbocycles. The van der Waals surface area contributed by atoms with Gasteiger partial charge in [-0.25, -0.2) is 14.3 Å². The number of oxime groups is 1. The zero-order chi connectivity index (χ0) is 33.0. The third-order valence-electron chi connectivity index (χ3n) is 6.42. The first-order chi connectivity index (χ1) is 21.5. The minimum absolute atomic E-state index is 0.00385. The number of carboxylic acids is 2. The first-order valence-corrected chi connectivity index (χ1v) is 16.3. The summed E-state index contributed by atoms with van der Waals surface area (Å²) in [5, 5.41) is 31.0. The Labute approximate surface area is 272 Å². The van der Waals surface area contributed by atoms with Crippen molar-refractivity contribution in [3.05, 3.63) is 44.9 Å². The van der Waals surface area contributed by atoms with E-state index in [-0.39, 0.29) is 33.2 Å². The lowest BCUT2D eigenvalue weighted by molar-refractivity contribution is -0.696. The number of imidazole rings is 1. The number of nitrogen functional groups attached to an aromatic ring is 1. The fourth-order valence-electron chi connectivity index (χ4n) is 4.69. The molecule has 1 saturated heterocycles. The molecule has 3 aromatic rings. The van der Waals surface area contributed by atoms with Gasteiger partial charge in [0.25, 0.3) is 17.6 Å². The number of carbonyl (C=O) groups excluding carboxylic acids is 4. The molecule has 0 aromatic carbocycles. The Hall–Kier alpha value is -4.20. The highest BCUT2D eigenvalue weighted by Gasteiger charge is 2.53. The van der Waals surface area contributed by atoms with Gasteiger partial charge in [0.2, 0.25) is 17.8 Å². The van der Waals surface area contributed by atoms with Crippen LogP contribution < -0.4 is 26.0 Å². The van der Waals surface area contributed by atoms with Crippen LogP contribution in [0.15, 0.2) is 34.2 Å². The van der Waals surface area contributed by atoms with Crippen LogP contribution in [-0.4, -0.2) is 79.0 Å².